The predicted octanol–water partition coefficient (Wildman–Crippen LogP) is 2.63. The Balaban J connectivity index is 2.09. The van der Waals surface area contributed by atoms with Gasteiger partial charge in [0.1, 0.15) is 0 Å². The summed E-state index contributed by atoms with van der Waals surface area (Å²) in [4.78, 5) is 2.71. The predicted molar refractivity (Wildman–Crippen MR) is 69.4 cm³/mol. The third-order valence-corrected chi connectivity index (χ3v) is 4.80. The zero-order valence-corrected chi connectivity index (χ0v) is 11.3. The fourth-order valence-electron chi connectivity index (χ4n) is 3.75. The third-order valence-electron chi connectivity index (χ3n) is 4.80. The molecular weight excluding hydrogens is 196 g/mol. The van der Waals surface area contributed by atoms with Crippen molar-refractivity contribution < 1.29 is 0 Å². The second-order valence-corrected chi connectivity index (χ2v) is 6.97. The fraction of sp³-hybridized carbons (Fsp3) is 1.00. The second-order valence-electron chi connectivity index (χ2n) is 6.97. The van der Waals surface area contributed by atoms with Crippen LogP contribution in [0.2, 0.25) is 0 Å². The minimum absolute atomic E-state index is 0.339. The summed E-state index contributed by atoms with van der Waals surface area (Å²) in [7, 11) is 0. The second kappa shape index (κ2) is 4.30. The van der Waals surface area contributed by atoms with Gasteiger partial charge < -0.3 is 5.73 Å². The van der Waals surface area contributed by atoms with Gasteiger partial charge in [-0.2, -0.15) is 0 Å². The van der Waals surface area contributed by atoms with Crippen LogP contribution in [0.5, 0.6) is 0 Å². The largest absolute Gasteiger partial charge is 0.329 e. The van der Waals surface area contributed by atoms with E-state index < -0.39 is 0 Å². The molecule has 1 saturated heterocycles. The van der Waals surface area contributed by atoms with Gasteiger partial charge in [0.25, 0.3) is 0 Å². The molecule has 0 spiro atoms. The topological polar surface area (TPSA) is 29.3 Å². The van der Waals surface area contributed by atoms with Crippen LogP contribution in [0, 0.1) is 11.3 Å². The summed E-state index contributed by atoms with van der Waals surface area (Å²) in [6, 6.07) is 0. The lowest BCUT2D eigenvalue weighted by Crippen LogP contribution is -2.55. The highest BCUT2D eigenvalue weighted by atomic mass is 15.2. The molecule has 2 nitrogen and oxygen atoms in total. The van der Waals surface area contributed by atoms with Crippen LogP contribution in [-0.4, -0.2) is 30.1 Å². The maximum absolute atomic E-state index is 6.13. The summed E-state index contributed by atoms with van der Waals surface area (Å²) < 4.78 is 0. The number of nitrogens with two attached hydrogens (primary N) is 1. The molecule has 0 aromatic heterocycles. The minimum Gasteiger partial charge on any atom is -0.329 e. The summed E-state index contributed by atoms with van der Waals surface area (Å²) >= 11 is 0. The molecule has 0 amide bonds. The SMILES string of the molecule is CC1CCCC(CN)(N2CCC(C)(C)C2)C1. The Bertz CT molecular complexity index is 249. The minimum atomic E-state index is 0.339. The van der Waals surface area contributed by atoms with Crippen molar-refractivity contribution in [2.24, 2.45) is 17.1 Å². The van der Waals surface area contributed by atoms with Crippen molar-refractivity contribution in [3.05, 3.63) is 0 Å². The first-order valence-electron chi connectivity index (χ1n) is 6.93. The Kier molecular flexibility index (Phi) is 3.33. The van der Waals surface area contributed by atoms with Gasteiger partial charge in [-0.3, -0.25) is 4.90 Å². The van der Waals surface area contributed by atoms with Crippen LogP contribution in [0.15, 0.2) is 0 Å². The average molecular weight is 224 g/mol. The van der Waals surface area contributed by atoms with E-state index in [1.165, 1.54) is 45.2 Å². The van der Waals surface area contributed by atoms with Crippen LogP contribution >= 0.6 is 0 Å². The molecular formula is C14H28N2. The molecule has 1 heterocycles. The Morgan fingerprint density at radius 3 is 2.56 bits per heavy atom. The lowest BCUT2D eigenvalue weighted by Gasteiger charge is -2.46. The van der Waals surface area contributed by atoms with Gasteiger partial charge in [-0.1, -0.05) is 33.6 Å². The van der Waals surface area contributed by atoms with E-state index in [1.807, 2.05) is 0 Å². The van der Waals surface area contributed by atoms with Crippen molar-refractivity contribution in [3.8, 4) is 0 Å². The summed E-state index contributed by atoms with van der Waals surface area (Å²) in [6.45, 7) is 10.5. The maximum Gasteiger partial charge on any atom is 0.0334 e. The molecule has 1 saturated carbocycles. The molecule has 2 atom stereocenters. The Labute approximate surface area is 101 Å². The number of rotatable bonds is 2. The highest BCUT2D eigenvalue weighted by Crippen LogP contribution is 2.41. The molecule has 2 heteroatoms. The van der Waals surface area contributed by atoms with Crippen LogP contribution in [0.1, 0.15) is 52.9 Å². The number of nitrogens with zero attached hydrogens (tertiary/aromatic N) is 1. The first-order valence-corrected chi connectivity index (χ1v) is 6.93. The molecule has 2 aliphatic rings. The van der Waals surface area contributed by atoms with Gasteiger partial charge in [0.05, 0.1) is 0 Å². The lowest BCUT2D eigenvalue weighted by atomic mass is 9.75. The molecule has 2 rings (SSSR count). The first-order chi connectivity index (χ1) is 7.47. The molecule has 16 heavy (non-hydrogen) atoms. The molecule has 2 unspecified atom stereocenters. The number of likely N-dealkylation sites (tertiary alicyclic amines) is 1. The molecule has 0 radical (unpaired) electrons. The van der Waals surface area contributed by atoms with E-state index in [4.69, 9.17) is 5.73 Å². The Hall–Kier alpha value is -0.0800. The van der Waals surface area contributed by atoms with Crippen LogP contribution in [-0.2, 0) is 0 Å². The van der Waals surface area contributed by atoms with Crippen molar-refractivity contribution in [3.63, 3.8) is 0 Å². The number of hydrogen-bond acceptors (Lipinski definition) is 2. The van der Waals surface area contributed by atoms with E-state index in [0.717, 1.165) is 12.5 Å². The molecule has 2 fully saturated rings. The molecule has 1 aliphatic carbocycles. The maximum atomic E-state index is 6.13. The summed E-state index contributed by atoms with van der Waals surface area (Å²) in [6.07, 6.45) is 6.75. The van der Waals surface area contributed by atoms with Gasteiger partial charge in [0.15, 0.2) is 0 Å². The van der Waals surface area contributed by atoms with E-state index in [1.54, 1.807) is 0 Å². The highest BCUT2D eigenvalue weighted by molar-refractivity contribution is 5.00. The first kappa shape index (κ1) is 12.4. The molecule has 0 aromatic carbocycles. The van der Waals surface area contributed by atoms with Crippen LogP contribution < -0.4 is 5.73 Å². The monoisotopic (exact) mass is 224 g/mol. The van der Waals surface area contributed by atoms with Gasteiger partial charge in [-0.05, 0) is 37.1 Å². The average Bonchev–Trinajstić information content (AvgIpc) is 2.59. The smallest absolute Gasteiger partial charge is 0.0334 e. The van der Waals surface area contributed by atoms with Gasteiger partial charge in [0, 0.05) is 18.6 Å². The quantitative estimate of drug-likeness (QED) is 0.781. The zero-order valence-electron chi connectivity index (χ0n) is 11.3. The number of hydrogen-bond donors (Lipinski definition) is 1. The fourth-order valence-corrected chi connectivity index (χ4v) is 3.75. The Morgan fingerprint density at radius 2 is 2.06 bits per heavy atom. The Morgan fingerprint density at radius 1 is 1.31 bits per heavy atom. The van der Waals surface area contributed by atoms with E-state index in [9.17, 15) is 0 Å². The lowest BCUT2D eigenvalue weighted by molar-refractivity contribution is 0.0518. The summed E-state index contributed by atoms with van der Waals surface area (Å²) in [5.74, 6) is 0.862. The zero-order chi connectivity index (χ0) is 11.8. The van der Waals surface area contributed by atoms with Crippen molar-refractivity contribution in [1.29, 1.82) is 0 Å². The molecule has 94 valence electrons. The van der Waals surface area contributed by atoms with Crippen LogP contribution in [0.25, 0.3) is 0 Å². The normalized spacial score (nSPS) is 40.1. The summed E-state index contributed by atoms with van der Waals surface area (Å²) in [5.41, 5.74) is 6.97. The van der Waals surface area contributed by atoms with E-state index in [0.29, 0.717) is 11.0 Å². The molecule has 0 bridgehead atoms. The molecule has 1 aliphatic heterocycles. The van der Waals surface area contributed by atoms with Crippen molar-refractivity contribution in [2.75, 3.05) is 19.6 Å². The van der Waals surface area contributed by atoms with Crippen molar-refractivity contribution in [1.82, 2.24) is 4.90 Å². The van der Waals surface area contributed by atoms with E-state index >= 15 is 0 Å². The highest BCUT2D eigenvalue weighted by Gasteiger charge is 2.43. The van der Waals surface area contributed by atoms with Crippen LogP contribution in [0.3, 0.4) is 0 Å². The van der Waals surface area contributed by atoms with Crippen molar-refractivity contribution in [2.45, 2.75) is 58.4 Å². The van der Waals surface area contributed by atoms with Crippen LogP contribution in [0.4, 0.5) is 0 Å². The van der Waals surface area contributed by atoms with E-state index in [-0.39, 0.29) is 0 Å². The standard InChI is InChI=1S/C14H28N2/c1-12-5-4-6-14(9-12,10-15)16-8-7-13(2,3)11-16/h12H,4-11,15H2,1-3H3. The van der Waals surface area contributed by atoms with Gasteiger partial charge in [0.2, 0.25) is 0 Å². The molecule has 0 aromatic rings. The third kappa shape index (κ3) is 2.28. The van der Waals surface area contributed by atoms with Gasteiger partial charge in [-0.25, -0.2) is 0 Å². The molecule has 2 N–H and O–H groups in total. The van der Waals surface area contributed by atoms with Gasteiger partial charge in [-0.15, -0.1) is 0 Å². The van der Waals surface area contributed by atoms with E-state index in [2.05, 4.69) is 25.7 Å². The van der Waals surface area contributed by atoms with Crippen molar-refractivity contribution >= 4 is 0 Å². The summed E-state index contributed by atoms with van der Waals surface area (Å²) in [5, 5.41) is 0. The van der Waals surface area contributed by atoms with Gasteiger partial charge >= 0.3 is 0 Å².